The van der Waals surface area contributed by atoms with E-state index in [2.05, 4.69) is 20.5 Å². The predicted octanol–water partition coefficient (Wildman–Crippen LogP) is 1.40. The van der Waals surface area contributed by atoms with Crippen LogP contribution in [0, 0.1) is 0 Å². The molecule has 0 saturated carbocycles. The molecule has 2 aromatic rings. The van der Waals surface area contributed by atoms with Crippen molar-refractivity contribution in [2.75, 3.05) is 13.2 Å². The van der Waals surface area contributed by atoms with Crippen LogP contribution in [0.2, 0.25) is 0 Å². The minimum Gasteiger partial charge on any atom is -0.482 e. The summed E-state index contributed by atoms with van der Waals surface area (Å²) in [6.45, 7) is 0.518. The Morgan fingerprint density at radius 3 is 2.79 bits per heavy atom. The largest absolute Gasteiger partial charge is 0.482 e. The van der Waals surface area contributed by atoms with Gasteiger partial charge in [-0.05, 0) is 12.1 Å². The van der Waals surface area contributed by atoms with Gasteiger partial charge in [-0.1, -0.05) is 0 Å². The van der Waals surface area contributed by atoms with Gasteiger partial charge in [0.15, 0.2) is 5.75 Å². The number of aromatic nitrogens is 3. The van der Waals surface area contributed by atoms with Gasteiger partial charge in [0, 0.05) is 6.20 Å². The fourth-order valence-corrected chi connectivity index (χ4v) is 2.21. The molecule has 0 bridgehead atoms. The summed E-state index contributed by atoms with van der Waals surface area (Å²) >= 11 is 0. The molecule has 1 saturated heterocycles. The number of amides is 1. The molecule has 3 rings (SSSR count). The van der Waals surface area contributed by atoms with Gasteiger partial charge in [-0.2, -0.15) is 18.3 Å². The van der Waals surface area contributed by atoms with E-state index in [1.165, 1.54) is 6.20 Å². The van der Waals surface area contributed by atoms with Gasteiger partial charge in [-0.15, -0.1) is 0 Å². The lowest BCUT2D eigenvalue weighted by molar-refractivity contribution is -0.141. The first-order chi connectivity index (χ1) is 11.4. The van der Waals surface area contributed by atoms with E-state index in [0.717, 1.165) is 18.3 Å². The van der Waals surface area contributed by atoms with Crippen LogP contribution in [0.4, 0.5) is 13.2 Å². The highest BCUT2D eigenvalue weighted by molar-refractivity contribution is 5.94. The normalized spacial score (nSPS) is 20.8. The molecule has 3 heterocycles. The van der Waals surface area contributed by atoms with E-state index in [9.17, 15) is 18.0 Å². The minimum atomic E-state index is -4.54. The molecule has 2 atom stereocenters. The molecule has 0 spiro atoms. The fraction of sp³-hybridized carbons (Fsp3) is 0.357. The van der Waals surface area contributed by atoms with E-state index in [-0.39, 0.29) is 18.8 Å². The van der Waals surface area contributed by atoms with E-state index in [1.807, 2.05) is 0 Å². The lowest BCUT2D eigenvalue weighted by Gasteiger charge is -2.19. The number of nitrogens with one attached hydrogen (secondary N) is 2. The van der Waals surface area contributed by atoms with Crippen LogP contribution >= 0.6 is 0 Å². The zero-order valence-corrected chi connectivity index (χ0v) is 12.2. The third-order valence-corrected chi connectivity index (χ3v) is 3.42. The molecule has 128 valence electrons. The zero-order chi connectivity index (χ0) is 17.2. The Bertz CT molecular complexity index is 688. The van der Waals surface area contributed by atoms with Gasteiger partial charge in [0.05, 0.1) is 37.2 Å². The summed E-state index contributed by atoms with van der Waals surface area (Å²) in [5, 5.41) is 9.02. The molecule has 1 aliphatic heterocycles. The van der Waals surface area contributed by atoms with Crippen LogP contribution < -0.4 is 10.1 Å². The maximum atomic E-state index is 12.5. The zero-order valence-electron chi connectivity index (χ0n) is 12.2. The summed E-state index contributed by atoms with van der Waals surface area (Å²) in [6.07, 6.45) is -1.04. The summed E-state index contributed by atoms with van der Waals surface area (Å²) < 4.78 is 48.3. The Morgan fingerprint density at radius 2 is 2.17 bits per heavy atom. The van der Waals surface area contributed by atoms with Crippen molar-refractivity contribution in [3.8, 4) is 5.75 Å². The van der Waals surface area contributed by atoms with Crippen LogP contribution in [-0.2, 0) is 10.9 Å². The summed E-state index contributed by atoms with van der Waals surface area (Å²) in [6, 6.07) is 1.40. The van der Waals surface area contributed by atoms with Gasteiger partial charge in [-0.25, -0.2) is 0 Å². The number of hydrogen-bond donors (Lipinski definition) is 2. The topological polar surface area (TPSA) is 89.1 Å². The van der Waals surface area contributed by atoms with E-state index < -0.39 is 29.9 Å². The summed E-state index contributed by atoms with van der Waals surface area (Å²) in [7, 11) is 0. The second-order valence-electron chi connectivity index (χ2n) is 5.14. The Balaban J connectivity index is 1.63. The molecule has 0 unspecified atom stereocenters. The van der Waals surface area contributed by atoms with Crippen LogP contribution in [0.3, 0.4) is 0 Å². The maximum absolute atomic E-state index is 12.5. The van der Waals surface area contributed by atoms with Crippen molar-refractivity contribution in [2.45, 2.75) is 18.3 Å². The number of rotatable bonds is 4. The highest BCUT2D eigenvalue weighted by atomic mass is 19.4. The molecule has 10 heteroatoms. The summed E-state index contributed by atoms with van der Waals surface area (Å²) in [4.78, 5) is 15.4. The number of aromatic amines is 1. The van der Waals surface area contributed by atoms with Crippen molar-refractivity contribution in [1.82, 2.24) is 20.5 Å². The molecule has 1 aliphatic rings. The average molecular weight is 342 g/mol. The van der Waals surface area contributed by atoms with E-state index in [1.54, 1.807) is 6.20 Å². The Hall–Kier alpha value is -2.62. The lowest BCUT2D eigenvalue weighted by Crippen LogP contribution is -2.45. The van der Waals surface area contributed by atoms with Crippen molar-refractivity contribution < 1.29 is 27.4 Å². The number of hydrogen-bond acceptors (Lipinski definition) is 5. The van der Waals surface area contributed by atoms with Gasteiger partial charge in [0.25, 0.3) is 5.91 Å². The number of nitrogens with zero attached hydrogens (tertiary/aromatic N) is 2. The first-order valence-corrected chi connectivity index (χ1v) is 7.01. The molecule has 1 fully saturated rings. The quantitative estimate of drug-likeness (QED) is 0.877. The number of H-pyrrole nitrogens is 1. The van der Waals surface area contributed by atoms with E-state index >= 15 is 0 Å². The monoisotopic (exact) mass is 342 g/mol. The van der Waals surface area contributed by atoms with Crippen molar-refractivity contribution >= 4 is 5.91 Å². The SMILES string of the molecule is O=C(N[C@H]1COC[C@H]1Oc1cn[nH]c1)c1ccc(C(F)(F)F)nc1. The maximum Gasteiger partial charge on any atom is 0.433 e. The van der Waals surface area contributed by atoms with E-state index in [4.69, 9.17) is 9.47 Å². The minimum absolute atomic E-state index is 0.0250. The standard InChI is InChI=1S/C14H13F3N4O3/c15-14(16,17)12-2-1-8(3-18-12)13(22)21-10-6-23-7-11(10)24-9-4-19-20-5-9/h1-5,10-11H,6-7H2,(H,19,20)(H,21,22)/t10-,11+/m0/s1. The van der Waals surface area contributed by atoms with Crippen LogP contribution in [0.25, 0.3) is 0 Å². The van der Waals surface area contributed by atoms with Crippen LogP contribution in [0.1, 0.15) is 16.1 Å². The van der Waals surface area contributed by atoms with Gasteiger partial charge in [-0.3, -0.25) is 14.9 Å². The molecule has 2 aromatic heterocycles. The average Bonchev–Trinajstić information content (AvgIpc) is 3.20. The van der Waals surface area contributed by atoms with Gasteiger partial charge in [0.1, 0.15) is 11.8 Å². The second-order valence-corrected chi connectivity index (χ2v) is 5.14. The molecule has 0 radical (unpaired) electrons. The first kappa shape index (κ1) is 16.2. The molecule has 1 amide bonds. The highest BCUT2D eigenvalue weighted by Gasteiger charge is 2.34. The Kier molecular flexibility index (Phi) is 4.38. The predicted molar refractivity (Wildman–Crippen MR) is 74.3 cm³/mol. The molecular formula is C14H13F3N4O3. The molecule has 2 N–H and O–H groups in total. The first-order valence-electron chi connectivity index (χ1n) is 7.01. The number of ether oxygens (including phenoxy) is 2. The molecule has 0 aliphatic carbocycles. The molecular weight excluding hydrogens is 329 g/mol. The fourth-order valence-electron chi connectivity index (χ4n) is 2.21. The third-order valence-electron chi connectivity index (χ3n) is 3.42. The van der Waals surface area contributed by atoms with Crippen molar-refractivity contribution in [3.63, 3.8) is 0 Å². The van der Waals surface area contributed by atoms with Crippen LogP contribution in [-0.4, -0.2) is 46.4 Å². The van der Waals surface area contributed by atoms with Crippen LogP contribution in [0.15, 0.2) is 30.7 Å². The number of pyridine rings is 1. The number of alkyl halides is 3. The van der Waals surface area contributed by atoms with Crippen molar-refractivity contribution in [2.24, 2.45) is 0 Å². The highest BCUT2D eigenvalue weighted by Crippen LogP contribution is 2.27. The summed E-state index contributed by atoms with van der Waals surface area (Å²) in [5.41, 5.74) is -1.03. The number of halogens is 3. The van der Waals surface area contributed by atoms with Crippen molar-refractivity contribution in [1.29, 1.82) is 0 Å². The van der Waals surface area contributed by atoms with Gasteiger partial charge in [0.2, 0.25) is 0 Å². The molecule has 24 heavy (non-hydrogen) atoms. The Labute approximate surface area is 134 Å². The third kappa shape index (κ3) is 3.65. The van der Waals surface area contributed by atoms with Gasteiger partial charge < -0.3 is 14.8 Å². The number of carbonyl (C=O) groups excluding carboxylic acids is 1. The molecule has 7 nitrogen and oxygen atoms in total. The van der Waals surface area contributed by atoms with Crippen molar-refractivity contribution in [3.05, 3.63) is 42.0 Å². The second kappa shape index (κ2) is 6.48. The lowest BCUT2D eigenvalue weighted by atomic mass is 10.2. The van der Waals surface area contributed by atoms with Crippen LogP contribution in [0.5, 0.6) is 5.75 Å². The van der Waals surface area contributed by atoms with E-state index in [0.29, 0.717) is 5.75 Å². The number of carbonyl (C=O) groups is 1. The van der Waals surface area contributed by atoms with Gasteiger partial charge >= 0.3 is 6.18 Å². The molecule has 0 aromatic carbocycles. The summed E-state index contributed by atoms with van der Waals surface area (Å²) in [5.74, 6) is -0.0477. The Morgan fingerprint density at radius 1 is 1.33 bits per heavy atom. The smallest absolute Gasteiger partial charge is 0.433 e.